The van der Waals surface area contributed by atoms with Crippen molar-refractivity contribution < 1.29 is 14.7 Å². The molecule has 0 radical (unpaired) electrons. The fourth-order valence-corrected chi connectivity index (χ4v) is 4.31. The van der Waals surface area contributed by atoms with Crippen molar-refractivity contribution in [3.8, 4) is 0 Å². The second-order valence-electron chi connectivity index (χ2n) is 6.94. The van der Waals surface area contributed by atoms with Gasteiger partial charge in [-0.05, 0) is 57.0 Å². The molecule has 1 atom stereocenters. The molecule has 0 spiro atoms. The number of carbonyl (C=O) groups is 2. The SMILES string of the molecule is CCN1C(=O)[C@](O)(CC(=O)c2c(C)cc(C)cc2C)c2cc(Br)ccc21. The van der Waals surface area contributed by atoms with Crippen molar-refractivity contribution in [3.05, 3.63) is 62.6 Å². The topological polar surface area (TPSA) is 57.6 Å². The Morgan fingerprint density at radius 2 is 1.77 bits per heavy atom. The van der Waals surface area contributed by atoms with Crippen molar-refractivity contribution >= 4 is 33.3 Å². The third-order valence-corrected chi connectivity index (χ3v) is 5.48. The summed E-state index contributed by atoms with van der Waals surface area (Å²) in [6.45, 7) is 8.04. The number of nitrogens with zero attached hydrogens (tertiary/aromatic N) is 1. The molecule has 1 aliphatic rings. The predicted octanol–water partition coefficient (Wildman–Crippen LogP) is 4.20. The molecule has 2 aromatic rings. The molecule has 0 fully saturated rings. The highest BCUT2D eigenvalue weighted by Crippen LogP contribution is 2.44. The molecule has 0 bridgehead atoms. The number of rotatable bonds is 4. The van der Waals surface area contributed by atoms with Crippen molar-refractivity contribution in [2.24, 2.45) is 0 Å². The van der Waals surface area contributed by atoms with Crippen molar-refractivity contribution in [2.45, 2.75) is 39.7 Å². The summed E-state index contributed by atoms with van der Waals surface area (Å²) in [5, 5.41) is 11.3. The first-order valence-electron chi connectivity index (χ1n) is 8.64. The van der Waals surface area contributed by atoms with E-state index in [1.807, 2.05) is 45.9 Å². The van der Waals surface area contributed by atoms with E-state index in [9.17, 15) is 14.7 Å². The summed E-state index contributed by atoms with van der Waals surface area (Å²) in [6.07, 6.45) is -0.267. The molecule has 1 amide bonds. The van der Waals surface area contributed by atoms with Crippen LogP contribution in [0.1, 0.15) is 46.0 Å². The molecule has 1 aliphatic heterocycles. The summed E-state index contributed by atoms with van der Waals surface area (Å²) in [7, 11) is 0. The molecule has 3 rings (SSSR count). The minimum atomic E-state index is -1.84. The monoisotopic (exact) mass is 415 g/mol. The van der Waals surface area contributed by atoms with Crippen LogP contribution in [0, 0.1) is 20.8 Å². The lowest BCUT2D eigenvalue weighted by Crippen LogP contribution is -2.41. The predicted molar refractivity (Wildman–Crippen MR) is 106 cm³/mol. The van der Waals surface area contributed by atoms with Gasteiger partial charge in [-0.2, -0.15) is 0 Å². The maximum Gasteiger partial charge on any atom is 0.264 e. The van der Waals surface area contributed by atoms with Crippen LogP contribution in [-0.2, 0) is 10.4 Å². The fraction of sp³-hybridized carbons (Fsp3) is 0.333. The zero-order chi connectivity index (χ0) is 19.2. The molecule has 0 unspecified atom stereocenters. The minimum Gasteiger partial charge on any atom is -0.375 e. The number of aryl methyl sites for hydroxylation is 3. The number of hydrogen-bond donors (Lipinski definition) is 1. The van der Waals surface area contributed by atoms with Crippen LogP contribution >= 0.6 is 15.9 Å². The van der Waals surface area contributed by atoms with Gasteiger partial charge in [0.15, 0.2) is 11.4 Å². The minimum absolute atomic E-state index is 0.222. The van der Waals surface area contributed by atoms with Crippen molar-refractivity contribution in [1.29, 1.82) is 0 Å². The lowest BCUT2D eigenvalue weighted by molar-refractivity contribution is -0.135. The highest BCUT2D eigenvalue weighted by molar-refractivity contribution is 9.10. The second kappa shape index (κ2) is 6.63. The van der Waals surface area contributed by atoms with Gasteiger partial charge < -0.3 is 10.0 Å². The molecular weight excluding hydrogens is 394 g/mol. The van der Waals surface area contributed by atoms with Gasteiger partial charge in [-0.25, -0.2) is 0 Å². The maximum absolute atomic E-state index is 13.1. The first kappa shape index (κ1) is 18.8. The number of ketones is 1. The Morgan fingerprint density at radius 3 is 2.35 bits per heavy atom. The van der Waals surface area contributed by atoms with Gasteiger partial charge in [-0.1, -0.05) is 33.6 Å². The lowest BCUT2D eigenvalue weighted by atomic mass is 9.85. The highest BCUT2D eigenvalue weighted by atomic mass is 79.9. The van der Waals surface area contributed by atoms with Crippen LogP contribution in [0.4, 0.5) is 5.69 Å². The van der Waals surface area contributed by atoms with Gasteiger partial charge in [-0.15, -0.1) is 0 Å². The number of aliphatic hydroxyl groups is 1. The van der Waals surface area contributed by atoms with E-state index in [-0.39, 0.29) is 12.2 Å². The smallest absolute Gasteiger partial charge is 0.264 e. The molecule has 136 valence electrons. The molecule has 1 heterocycles. The number of amides is 1. The third-order valence-electron chi connectivity index (χ3n) is 4.98. The van der Waals surface area contributed by atoms with Crippen LogP contribution in [0.15, 0.2) is 34.8 Å². The van der Waals surface area contributed by atoms with Crippen molar-refractivity contribution in [3.63, 3.8) is 0 Å². The van der Waals surface area contributed by atoms with Crippen LogP contribution in [0.25, 0.3) is 0 Å². The molecular formula is C21H22BrNO3. The number of hydrogen-bond acceptors (Lipinski definition) is 3. The maximum atomic E-state index is 13.1. The first-order chi connectivity index (χ1) is 12.2. The molecule has 26 heavy (non-hydrogen) atoms. The highest BCUT2D eigenvalue weighted by Gasteiger charge is 2.50. The summed E-state index contributed by atoms with van der Waals surface area (Å²) in [4.78, 5) is 27.5. The molecule has 5 heteroatoms. The molecule has 0 aliphatic carbocycles. The van der Waals surface area contributed by atoms with Crippen LogP contribution in [0.2, 0.25) is 0 Å². The summed E-state index contributed by atoms with van der Waals surface area (Å²) >= 11 is 3.39. The second-order valence-corrected chi connectivity index (χ2v) is 7.86. The van der Waals surface area contributed by atoms with Crippen molar-refractivity contribution in [1.82, 2.24) is 0 Å². The third kappa shape index (κ3) is 2.89. The Hall–Kier alpha value is -1.98. The molecule has 4 nitrogen and oxygen atoms in total. The fourth-order valence-electron chi connectivity index (χ4n) is 3.95. The summed E-state index contributed by atoms with van der Waals surface area (Å²) in [6, 6.07) is 9.25. The summed E-state index contributed by atoms with van der Waals surface area (Å²) in [5.74, 6) is -0.663. The molecule has 1 N–H and O–H groups in total. The number of carbonyl (C=O) groups excluding carboxylic acids is 2. The van der Waals surface area contributed by atoms with Gasteiger partial charge in [-0.3, -0.25) is 9.59 Å². The Balaban J connectivity index is 2.06. The Bertz CT molecular complexity index is 898. The van der Waals surface area contributed by atoms with E-state index in [4.69, 9.17) is 0 Å². The van der Waals surface area contributed by atoms with Gasteiger partial charge in [0.1, 0.15) is 0 Å². The van der Waals surface area contributed by atoms with Gasteiger partial charge in [0, 0.05) is 22.1 Å². The van der Waals surface area contributed by atoms with E-state index in [0.717, 1.165) is 21.2 Å². The first-order valence-corrected chi connectivity index (χ1v) is 9.43. The van der Waals surface area contributed by atoms with Crippen LogP contribution in [0.3, 0.4) is 0 Å². The van der Waals surface area contributed by atoms with Gasteiger partial charge in [0.25, 0.3) is 5.91 Å². The number of halogens is 1. The van der Waals surface area contributed by atoms with Gasteiger partial charge >= 0.3 is 0 Å². The Morgan fingerprint density at radius 1 is 1.15 bits per heavy atom. The average Bonchev–Trinajstić information content (AvgIpc) is 2.74. The number of benzene rings is 2. The van der Waals surface area contributed by atoms with E-state index in [0.29, 0.717) is 23.4 Å². The average molecular weight is 416 g/mol. The zero-order valence-corrected chi connectivity index (χ0v) is 17.0. The van der Waals surface area contributed by atoms with Crippen LogP contribution < -0.4 is 4.90 Å². The lowest BCUT2D eigenvalue weighted by Gasteiger charge is -2.23. The van der Waals surface area contributed by atoms with Gasteiger partial charge in [0.2, 0.25) is 0 Å². The summed E-state index contributed by atoms with van der Waals surface area (Å²) in [5.41, 5.74) is 2.70. The van der Waals surface area contributed by atoms with Crippen LogP contribution in [0.5, 0.6) is 0 Å². The number of fused-ring (bicyclic) bond motifs is 1. The standard InChI is InChI=1S/C21H22BrNO3/c1-5-23-17-7-6-15(22)10-16(17)21(26,20(23)25)11-18(24)19-13(3)8-12(2)9-14(19)4/h6-10,26H,5,11H2,1-4H3/t21-/m0/s1. The van der Waals surface area contributed by atoms with Gasteiger partial charge in [0.05, 0.1) is 12.1 Å². The number of anilines is 1. The van der Waals surface area contributed by atoms with E-state index in [1.54, 1.807) is 12.1 Å². The molecule has 0 aromatic heterocycles. The van der Waals surface area contributed by atoms with E-state index in [2.05, 4.69) is 15.9 Å². The molecule has 2 aromatic carbocycles. The van der Waals surface area contributed by atoms with Crippen LogP contribution in [-0.4, -0.2) is 23.3 Å². The van der Waals surface area contributed by atoms with E-state index in [1.165, 1.54) is 4.90 Å². The largest absolute Gasteiger partial charge is 0.375 e. The quantitative estimate of drug-likeness (QED) is 0.761. The summed E-state index contributed by atoms with van der Waals surface area (Å²) < 4.78 is 0.760. The molecule has 0 saturated heterocycles. The zero-order valence-electron chi connectivity index (χ0n) is 15.4. The Kier molecular flexibility index (Phi) is 4.80. The van der Waals surface area contributed by atoms with E-state index < -0.39 is 11.5 Å². The van der Waals surface area contributed by atoms with Crippen molar-refractivity contribution in [2.75, 3.05) is 11.4 Å². The molecule has 0 saturated carbocycles. The Labute approximate surface area is 162 Å². The van der Waals surface area contributed by atoms with E-state index >= 15 is 0 Å². The number of Topliss-reactive ketones (excluding diaryl/α,β-unsaturated/α-hetero) is 1. The number of likely N-dealkylation sites (N-methyl/N-ethyl adjacent to an activating group) is 1. The normalized spacial score (nSPS) is 19.0.